The topological polar surface area (TPSA) is 40.5 Å². The van der Waals surface area contributed by atoms with E-state index < -0.39 is 0 Å². The average Bonchev–Trinajstić information content (AvgIpc) is 2.95. The second-order valence-electron chi connectivity index (χ2n) is 6.65. The van der Waals surface area contributed by atoms with Crippen LogP contribution in [0, 0.1) is 18.8 Å². The summed E-state index contributed by atoms with van der Waals surface area (Å²) in [4.78, 5) is 11.9. The second kappa shape index (κ2) is 8.85. The highest BCUT2D eigenvalue weighted by atomic mass is 127. The van der Waals surface area contributed by atoms with E-state index in [1.807, 2.05) is 13.0 Å². The van der Waals surface area contributed by atoms with Crippen LogP contribution in [0.25, 0.3) is 0 Å². The number of likely N-dealkylation sites (tertiary alicyclic amines) is 1. The number of aryl methyl sites for hydroxylation is 1. The first-order valence-corrected chi connectivity index (χ1v) is 8.72. The lowest BCUT2D eigenvalue weighted by Gasteiger charge is -2.22. The number of halogens is 1. The molecule has 1 saturated carbocycles. The van der Waals surface area contributed by atoms with Crippen molar-refractivity contribution in [3.05, 3.63) is 29.6 Å². The fourth-order valence-corrected chi connectivity index (χ4v) is 3.85. The smallest absolute Gasteiger partial charge is 0.194 e. The minimum Gasteiger partial charge on any atom is -0.357 e. The van der Waals surface area contributed by atoms with Crippen LogP contribution >= 0.6 is 24.0 Å². The van der Waals surface area contributed by atoms with Crippen molar-refractivity contribution < 1.29 is 0 Å². The highest BCUT2D eigenvalue weighted by molar-refractivity contribution is 14.0. The first-order valence-electron chi connectivity index (χ1n) is 8.72. The summed E-state index contributed by atoms with van der Waals surface area (Å²) in [5.41, 5.74) is 2.11. The van der Waals surface area contributed by atoms with E-state index in [4.69, 9.17) is 4.99 Å². The molecule has 1 aromatic heterocycles. The number of nitrogens with zero attached hydrogens (tertiary/aromatic N) is 3. The van der Waals surface area contributed by atoms with Crippen LogP contribution in [0.15, 0.2) is 23.2 Å². The van der Waals surface area contributed by atoms with Gasteiger partial charge < -0.3 is 10.2 Å². The van der Waals surface area contributed by atoms with Crippen molar-refractivity contribution in [3.63, 3.8) is 0 Å². The number of aliphatic imine (C=N–C) groups is 1. The van der Waals surface area contributed by atoms with Crippen molar-refractivity contribution in [1.82, 2.24) is 15.2 Å². The number of hydrogen-bond donors (Lipinski definition) is 1. The Morgan fingerprint density at radius 3 is 2.57 bits per heavy atom. The molecule has 0 radical (unpaired) electrons. The Kier molecular flexibility index (Phi) is 7.11. The molecular formula is C18H29IN4. The van der Waals surface area contributed by atoms with Crippen LogP contribution in [-0.4, -0.2) is 35.5 Å². The van der Waals surface area contributed by atoms with Gasteiger partial charge in [-0.15, -0.1) is 24.0 Å². The van der Waals surface area contributed by atoms with Gasteiger partial charge in [0.25, 0.3) is 0 Å². The largest absolute Gasteiger partial charge is 0.357 e. The van der Waals surface area contributed by atoms with Gasteiger partial charge in [-0.25, -0.2) is 4.99 Å². The lowest BCUT2D eigenvalue weighted by Crippen LogP contribution is -2.40. The molecule has 2 atom stereocenters. The van der Waals surface area contributed by atoms with E-state index in [0.29, 0.717) is 6.54 Å². The van der Waals surface area contributed by atoms with E-state index in [2.05, 4.69) is 34.3 Å². The minimum atomic E-state index is 0. The Bertz CT molecular complexity index is 518. The number of guanidine groups is 1. The molecule has 128 valence electrons. The van der Waals surface area contributed by atoms with E-state index in [9.17, 15) is 0 Å². The summed E-state index contributed by atoms with van der Waals surface area (Å²) in [7, 11) is 0. The van der Waals surface area contributed by atoms with Gasteiger partial charge in [0.15, 0.2) is 5.96 Å². The monoisotopic (exact) mass is 428 g/mol. The molecule has 3 rings (SSSR count). The normalized spacial score (nSPS) is 24.1. The second-order valence-corrected chi connectivity index (χ2v) is 6.65. The van der Waals surface area contributed by atoms with E-state index >= 15 is 0 Å². The Morgan fingerprint density at radius 1 is 1.26 bits per heavy atom. The molecule has 5 heteroatoms. The van der Waals surface area contributed by atoms with Crippen LogP contribution in [0.3, 0.4) is 0 Å². The van der Waals surface area contributed by atoms with Crippen molar-refractivity contribution in [1.29, 1.82) is 0 Å². The highest BCUT2D eigenvalue weighted by Gasteiger charge is 2.35. The van der Waals surface area contributed by atoms with Crippen molar-refractivity contribution >= 4 is 29.9 Å². The number of aromatic nitrogens is 1. The quantitative estimate of drug-likeness (QED) is 0.455. The summed E-state index contributed by atoms with van der Waals surface area (Å²) in [6, 6.07) is 6.15. The Labute approximate surface area is 157 Å². The van der Waals surface area contributed by atoms with E-state index in [1.54, 1.807) is 0 Å². The first-order chi connectivity index (χ1) is 10.8. The molecule has 2 heterocycles. The fourth-order valence-electron chi connectivity index (χ4n) is 3.85. The third-order valence-corrected chi connectivity index (χ3v) is 4.95. The molecule has 2 unspecified atom stereocenters. The van der Waals surface area contributed by atoms with Gasteiger partial charge in [-0.05, 0) is 50.7 Å². The molecule has 1 aromatic rings. The van der Waals surface area contributed by atoms with Gasteiger partial charge in [0, 0.05) is 25.3 Å². The lowest BCUT2D eigenvalue weighted by molar-refractivity contribution is 0.299. The summed E-state index contributed by atoms with van der Waals surface area (Å²) < 4.78 is 0. The third kappa shape index (κ3) is 4.81. The highest BCUT2D eigenvalue weighted by Crippen LogP contribution is 2.35. The Hall–Kier alpha value is -0.850. The third-order valence-electron chi connectivity index (χ3n) is 4.95. The molecule has 0 amide bonds. The van der Waals surface area contributed by atoms with Gasteiger partial charge in [-0.1, -0.05) is 18.9 Å². The van der Waals surface area contributed by atoms with Gasteiger partial charge in [-0.2, -0.15) is 0 Å². The summed E-state index contributed by atoms with van der Waals surface area (Å²) in [5, 5.41) is 3.47. The molecule has 0 bridgehead atoms. The molecule has 1 aliphatic heterocycles. The predicted molar refractivity (Wildman–Crippen MR) is 106 cm³/mol. The van der Waals surface area contributed by atoms with E-state index in [1.165, 1.54) is 38.8 Å². The Morgan fingerprint density at radius 2 is 1.96 bits per heavy atom. The summed E-state index contributed by atoms with van der Waals surface area (Å²) >= 11 is 0. The average molecular weight is 428 g/mol. The van der Waals surface area contributed by atoms with Gasteiger partial charge in [0.1, 0.15) is 0 Å². The molecule has 2 aliphatic rings. The van der Waals surface area contributed by atoms with E-state index in [0.717, 1.165) is 35.7 Å². The molecule has 0 aromatic carbocycles. The molecular weight excluding hydrogens is 399 g/mol. The molecule has 1 aliphatic carbocycles. The maximum atomic E-state index is 4.83. The first kappa shape index (κ1) is 18.5. The van der Waals surface area contributed by atoms with Gasteiger partial charge in [0.2, 0.25) is 0 Å². The number of rotatable bonds is 3. The Balaban J connectivity index is 0.00000192. The molecule has 23 heavy (non-hydrogen) atoms. The fraction of sp³-hybridized carbons (Fsp3) is 0.667. The van der Waals surface area contributed by atoms with Crippen LogP contribution in [0.1, 0.15) is 44.0 Å². The van der Waals surface area contributed by atoms with Crippen molar-refractivity contribution in [2.45, 2.75) is 46.1 Å². The van der Waals surface area contributed by atoms with Crippen LogP contribution in [-0.2, 0) is 6.54 Å². The lowest BCUT2D eigenvalue weighted by atomic mass is 9.82. The van der Waals surface area contributed by atoms with E-state index in [-0.39, 0.29) is 24.0 Å². The minimum absolute atomic E-state index is 0. The maximum absolute atomic E-state index is 4.83. The summed E-state index contributed by atoms with van der Waals surface area (Å²) in [6.45, 7) is 8.12. The van der Waals surface area contributed by atoms with Gasteiger partial charge >= 0.3 is 0 Å². The van der Waals surface area contributed by atoms with Crippen molar-refractivity contribution in [3.8, 4) is 0 Å². The number of nitrogens with one attached hydrogen (secondary N) is 1. The summed E-state index contributed by atoms with van der Waals surface area (Å²) in [5.74, 6) is 2.84. The molecule has 0 spiro atoms. The molecule has 4 nitrogen and oxygen atoms in total. The SMILES string of the molecule is CCNC(=NCc1cccc(C)n1)N1CC2CCCCC2C1.I. The predicted octanol–water partition coefficient (Wildman–Crippen LogP) is 3.60. The van der Waals surface area contributed by atoms with Gasteiger partial charge in [-0.3, -0.25) is 4.98 Å². The number of pyridine rings is 1. The standard InChI is InChI=1S/C18H28N4.HI/c1-3-19-18(20-11-17-10-6-7-14(2)21-17)22-12-15-8-4-5-9-16(15)13-22;/h6-7,10,15-16H,3-5,8-9,11-13H2,1-2H3,(H,19,20);1H. The van der Waals surface area contributed by atoms with Crippen molar-refractivity contribution in [2.75, 3.05) is 19.6 Å². The van der Waals surface area contributed by atoms with Crippen LogP contribution in [0.5, 0.6) is 0 Å². The molecule has 1 saturated heterocycles. The van der Waals surface area contributed by atoms with Crippen LogP contribution in [0.4, 0.5) is 0 Å². The van der Waals surface area contributed by atoms with Crippen molar-refractivity contribution in [2.24, 2.45) is 16.8 Å². The zero-order chi connectivity index (χ0) is 15.4. The zero-order valence-corrected chi connectivity index (χ0v) is 16.6. The van der Waals surface area contributed by atoms with Crippen LogP contribution in [0.2, 0.25) is 0 Å². The maximum Gasteiger partial charge on any atom is 0.194 e. The summed E-state index contributed by atoms with van der Waals surface area (Å²) in [6.07, 6.45) is 5.63. The van der Waals surface area contributed by atoms with Crippen LogP contribution < -0.4 is 5.32 Å². The zero-order valence-electron chi connectivity index (χ0n) is 14.3. The number of fused-ring (bicyclic) bond motifs is 1. The van der Waals surface area contributed by atoms with Gasteiger partial charge in [0.05, 0.1) is 12.2 Å². The molecule has 1 N–H and O–H groups in total. The number of hydrogen-bond acceptors (Lipinski definition) is 2. The molecule has 2 fully saturated rings.